The minimum absolute atomic E-state index is 0. The van der Waals surface area contributed by atoms with E-state index in [1.807, 2.05) is 13.8 Å². The van der Waals surface area contributed by atoms with E-state index in [0.717, 1.165) is 25.7 Å². The van der Waals surface area contributed by atoms with Crippen LogP contribution in [0.5, 0.6) is 0 Å². The summed E-state index contributed by atoms with van der Waals surface area (Å²) in [5.74, 6) is 0.119. The van der Waals surface area contributed by atoms with Crippen LogP contribution in [-0.2, 0) is 4.79 Å². The van der Waals surface area contributed by atoms with Crippen LogP contribution in [0.4, 0.5) is 0 Å². The number of carbonyl (C=O) groups excluding carboxylic acids is 1. The summed E-state index contributed by atoms with van der Waals surface area (Å²) in [5.41, 5.74) is 5.90. The van der Waals surface area contributed by atoms with Gasteiger partial charge in [0.05, 0.1) is 6.04 Å². The Morgan fingerprint density at radius 1 is 1.32 bits per heavy atom. The first-order chi connectivity index (χ1) is 8.46. The van der Waals surface area contributed by atoms with Crippen LogP contribution in [0.25, 0.3) is 0 Å². The van der Waals surface area contributed by atoms with Gasteiger partial charge in [0.1, 0.15) is 0 Å². The smallest absolute Gasteiger partial charge is 0.237 e. The summed E-state index contributed by atoms with van der Waals surface area (Å²) in [4.78, 5) is 11.9. The van der Waals surface area contributed by atoms with Crippen LogP contribution in [0.2, 0.25) is 0 Å². The lowest BCUT2D eigenvalue weighted by Crippen LogP contribution is -2.48. The Labute approximate surface area is 123 Å². The molecule has 116 valence electrons. The van der Waals surface area contributed by atoms with Gasteiger partial charge in [-0.25, -0.2) is 0 Å². The van der Waals surface area contributed by atoms with E-state index in [4.69, 9.17) is 10.8 Å². The van der Waals surface area contributed by atoms with Crippen molar-refractivity contribution in [3.05, 3.63) is 0 Å². The molecule has 4 nitrogen and oxygen atoms in total. The van der Waals surface area contributed by atoms with Crippen molar-refractivity contribution in [3.63, 3.8) is 0 Å². The van der Waals surface area contributed by atoms with Gasteiger partial charge in [-0.2, -0.15) is 0 Å². The summed E-state index contributed by atoms with van der Waals surface area (Å²) in [6.45, 7) is 8.98. The molecule has 0 spiro atoms. The third-order valence-corrected chi connectivity index (χ3v) is 4.34. The molecule has 0 aromatic carbocycles. The van der Waals surface area contributed by atoms with E-state index >= 15 is 0 Å². The molecule has 0 saturated carbocycles. The highest BCUT2D eigenvalue weighted by Gasteiger charge is 2.27. The Bertz CT molecular complexity index is 246. The molecule has 0 heterocycles. The Morgan fingerprint density at radius 3 is 2.21 bits per heavy atom. The van der Waals surface area contributed by atoms with E-state index in [1.54, 1.807) is 0 Å². The molecule has 0 fully saturated rings. The minimum atomic E-state index is -0.435. The van der Waals surface area contributed by atoms with Crippen molar-refractivity contribution < 1.29 is 9.90 Å². The zero-order chi connectivity index (χ0) is 14.2. The van der Waals surface area contributed by atoms with Gasteiger partial charge in [0, 0.05) is 13.2 Å². The number of amides is 1. The van der Waals surface area contributed by atoms with Gasteiger partial charge in [-0.3, -0.25) is 4.79 Å². The van der Waals surface area contributed by atoms with Crippen molar-refractivity contribution in [3.8, 4) is 0 Å². The standard InChI is InChI=1S/C14H30N2O2.ClH/c1-5-11(4)12(15)13(18)16-10-14(6-2,7-3)8-9-17;/h11-12,17H,5-10,15H2,1-4H3,(H,16,18);1H. The van der Waals surface area contributed by atoms with E-state index < -0.39 is 6.04 Å². The number of nitrogens with one attached hydrogen (secondary N) is 1. The van der Waals surface area contributed by atoms with Crippen LogP contribution < -0.4 is 11.1 Å². The molecule has 1 amide bonds. The fourth-order valence-electron chi connectivity index (χ4n) is 2.08. The largest absolute Gasteiger partial charge is 0.396 e. The SMILES string of the molecule is CCC(C)C(N)C(=O)NCC(CC)(CC)CCO.Cl. The second-order valence-corrected chi connectivity index (χ2v) is 5.31. The van der Waals surface area contributed by atoms with Crippen LogP contribution in [0.15, 0.2) is 0 Å². The molecule has 0 bridgehead atoms. The van der Waals surface area contributed by atoms with Gasteiger partial charge in [-0.05, 0) is 30.6 Å². The number of rotatable bonds is 9. The molecule has 0 aliphatic rings. The summed E-state index contributed by atoms with van der Waals surface area (Å²) in [6.07, 6.45) is 3.52. The van der Waals surface area contributed by atoms with Gasteiger partial charge in [0.2, 0.25) is 5.91 Å². The van der Waals surface area contributed by atoms with Crippen LogP contribution in [-0.4, -0.2) is 30.2 Å². The van der Waals surface area contributed by atoms with Gasteiger partial charge in [-0.15, -0.1) is 12.4 Å². The number of aliphatic hydroxyl groups excluding tert-OH is 1. The van der Waals surface area contributed by atoms with Crippen LogP contribution in [0, 0.1) is 11.3 Å². The molecule has 0 aliphatic carbocycles. The highest BCUT2D eigenvalue weighted by Crippen LogP contribution is 2.29. The molecule has 5 heteroatoms. The molecule has 0 aromatic rings. The number of hydrogen-bond acceptors (Lipinski definition) is 3. The normalized spacial score (nSPS) is 14.4. The zero-order valence-corrected chi connectivity index (χ0v) is 13.6. The molecule has 4 N–H and O–H groups in total. The Kier molecular flexibility index (Phi) is 11.6. The predicted octanol–water partition coefficient (Wildman–Crippen LogP) is 2.09. The maximum absolute atomic E-state index is 11.9. The quantitative estimate of drug-likeness (QED) is 0.609. The highest BCUT2D eigenvalue weighted by atomic mass is 35.5. The van der Waals surface area contributed by atoms with Gasteiger partial charge in [0.25, 0.3) is 0 Å². The lowest BCUT2D eigenvalue weighted by atomic mass is 9.79. The minimum Gasteiger partial charge on any atom is -0.396 e. The number of aliphatic hydroxyl groups is 1. The molecular weight excluding hydrogens is 264 g/mol. The lowest BCUT2D eigenvalue weighted by Gasteiger charge is -2.32. The molecule has 0 radical (unpaired) electrons. The number of nitrogens with two attached hydrogens (primary N) is 1. The average molecular weight is 295 g/mol. The molecule has 2 unspecified atom stereocenters. The first kappa shape index (κ1) is 21.0. The van der Waals surface area contributed by atoms with Crippen LogP contribution in [0.1, 0.15) is 53.4 Å². The maximum atomic E-state index is 11.9. The first-order valence-corrected chi connectivity index (χ1v) is 7.10. The second-order valence-electron chi connectivity index (χ2n) is 5.31. The highest BCUT2D eigenvalue weighted by molar-refractivity contribution is 5.85. The van der Waals surface area contributed by atoms with Crippen molar-refractivity contribution in [2.24, 2.45) is 17.1 Å². The summed E-state index contributed by atoms with van der Waals surface area (Å²) < 4.78 is 0. The maximum Gasteiger partial charge on any atom is 0.237 e. The fraction of sp³-hybridized carbons (Fsp3) is 0.929. The third-order valence-electron chi connectivity index (χ3n) is 4.34. The average Bonchev–Trinajstić information content (AvgIpc) is 2.41. The predicted molar refractivity (Wildman–Crippen MR) is 82.4 cm³/mol. The second kappa shape index (κ2) is 10.5. The van der Waals surface area contributed by atoms with Crippen molar-refractivity contribution in [1.82, 2.24) is 5.32 Å². The molecular formula is C14H31ClN2O2. The van der Waals surface area contributed by atoms with Crippen molar-refractivity contribution in [1.29, 1.82) is 0 Å². The summed E-state index contributed by atoms with van der Waals surface area (Å²) >= 11 is 0. The zero-order valence-electron chi connectivity index (χ0n) is 12.7. The third kappa shape index (κ3) is 6.59. The Morgan fingerprint density at radius 2 is 1.84 bits per heavy atom. The number of carbonyl (C=O) groups is 1. The van der Waals surface area contributed by atoms with Crippen LogP contribution in [0.3, 0.4) is 0 Å². The molecule has 0 aromatic heterocycles. The fourth-order valence-corrected chi connectivity index (χ4v) is 2.08. The summed E-state index contributed by atoms with van der Waals surface area (Å²) in [6, 6.07) is -0.435. The molecule has 0 aliphatic heterocycles. The van der Waals surface area contributed by atoms with Crippen molar-refractivity contribution in [2.75, 3.05) is 13.2 Å². The van der Waals surface area contributed by atoms with Gasteiger partial charge >= 0.3 is 0 Å². The monoisotopic (exact) mass is 294 g/mol. The summed E-state index contributed by atoms with van der Waals surface area (Å²) in [7, 11) is 0. The van der Waals surface area contributed by atoms with Gasteiger partial charge < -0.3 is 16.2 Å². The summed E-state index contributed by atoms with van der Waals surface area (Å²) in [5, 5.41) is 12.1. The van der Waals surface area contributed by atoms with Crippen LogP contribution >= 0.6 is 12.4 Å². The Balaban J connectivity index is 0. The Hall–Kier alpha value is -0.320. The number of halogens is 1. The van der Waals surface area contributed by atoms with E-state index in [2.05, 4.69) is 19.2 Å². The van der Waals surface area contributed by atoms with Gasteiger partial charge in [-0.1, -0.05) is 34.1 Å². The topological polar surface area (TPSA) is 75.4 Å². The van der Waals surface area contributed by atoms with Crippen molar-refractivity contribution in [2.45, 2.75) is 59.4 Å². The van der Waals surface area contributed by atoms with Crippen molar-refractivity contribution >= 4 is 18.3 Å². The number of hydrogen-bond donors (Lipinski definition) is 3. The van der Waals surface area contributed by atoms with E-state index in [-0.39, 0.29) is 36.3 Å². The van der Waals surface area contributed by atoms with E-state index in [1.165, 1.54) is 0 Å². The molecule has 0 saturated heterocycles. The molecule has 19 heavy (non-hydrogen) atoms. The molecule has 2 atom stereocenters. The van der Waals surface area contributed by atoms with E-state index in [0.29, 0.717) is 6.54 Å². The van der Waals surface area contributed by atoms with E-state index in [9.17, 15) is 4.79 Å². The molecule has 0 rings (SSSR count). The van der Waals surface area contributed by atoms with Gasteiger partial charge in [0.15, 0.2) is 0 Å². The first-order valence-electron chi connectivity index (χ1n) is 7.10. The lowest BCUT2D eigenvalue weighted by molar-refractivity contribution is -0.124.